The standard InChI is InChI=1S/C30H33N5O2S/c1-18-5-3-6-19(2)28(18)25-15-27-32-30(31-25)33-38-23-8-4-7-21(13-23)29(36)35-12-11-34(16-22(17-35)37-27)26-10-9-20-14-24(20)26/h3-8,13,15,20,22,24,26H,9-12,14,16-17H2,1-2H3,(H,31,32,33)/t20?,22-,24?,26?/m1/s1. The monoisotopic (exact) mass is 527 g/mol. The largest absolute Gasteiger partial charge is 0.471 e. The van der Waals surface area contributed by atoms with E-state index in [-0.39, 0.29) is 12.0 Å². The fourth-order valence-corrected chi connectivity index (χ4v) is 7.34. The van der Waals surface area contributed by atoms with Crippen molar-refractivity contribution in [1.29, 1.82) is 0 Å². The van der Waals surface area contributed by atoms with Gasteiger partial charge in [0.2, 0.25) is 11.8 Å². The molecule has 0 radical (unpaired) electrons. The molecule has 3 aromatic rings. The lowest BCUT2D eigenvalue weighted by atomic mass is 10.00. The summed E-state index contributed by atoms with van der Waals surface area (Å²) in [7, 11) is 0. The second-order valence-electron chi connectivity index (χ2n) is 11.2. The first kappa shape index (κ1) is 24.0. The van der Waals surface area contributed by atoms with Gasteiger partial charge in [-0.2, -0.15) is 4.98 Å². The maximum absolute atomic E-state index is 13.7. The number of hydrogen-bond donors (Lipinski definition) is 1. The number of anilines is 1. The first-order chi connectivity index (χ1) is 18.5. The average Bonchev–Trinajstić information content (AvgIpc) is 3.62. The molecule has 4 atom stereocenters. The quantitative estimate of drug-likeness (QED) is 0.460. The molecule has 3 heterocycles. The van der Waals surface area contributed by atoms with Crippen LogP contribution >= 0.6 is 11.9 Å². The maximum atomic E-state index is 13.7. The van der Waals surface area contributed by atoms with Crippen LogP contribution in [-0.4, -0.2) is 64.0 Å². The van der Waals surface area contributed by atoms with Crippen LogP contribution < -0.4 is 9.46 Å². The number of fused-ring (bicyclic) bond motifs is 7. The van der Waals surface area contributed by atoms with E-state index in [9.17, 15) is 4.79 Å². The van der Waals surface area contributed by atoms with E-state index in [0.717, 1.165) is 52.2 Å². The fraction of sp³-hybridized carbons (Fsp3) is 0.433. The molecule has 196 valence electrons. The van der Waals surface area contributed by atoms with Crippen molar-refractivity contribution in [3.63, 3.8) is 0 Å². The lowest BCUT2D eigenvalue weighted by molar-refractivity contribution is 0.0686. The van der Waals surface area contributed by atoms with Crippen molar-refractivity contribution in [3.05, 3.63) is 65.2 Å². The third kappa shape index (κ3) is 4.54. The number of amides is 1. The Hall–Kier alpha value is -3.10. The fourth-order valence-electron chi connectivity index (χ4n) is 6.71. The molecular formula is C30H33N5O2S. The van der Waals surface area contributed by atoms with Crippen LogP contribution in [0.4, 0.5) is 5.95 Å². The van der Waals surface area contributed by atoms with Gasteiger partial charge in [-0.15, -0.1) is 0 Å². The minimum absolute atomic E-state index is 0.0619. The average molecular weight is 528 g/mol. The van der Waals surface area contributed by atoms with Crippen molar-refractivity contribution in [3.8, 4) is 17.1 Å². The van der Waals surface area contributed by atoms with Crippen molar-refractivity contribution < 1.29 is 9.53 Å². The van der Waals surface area contributed by atoms with Gasteiger partial charge in [0, 0.05) is 47.8 Å². The molecule has 0 spiro atoms. The molecule has 7 rings (SSSR count). The Morgan fingerprint density at radius 2 is 1.84 bits per heavy atom. The summed E-state index contributed by atoms with van der Waals surface area (Å²) in [6.07, 6.45) is 3.78. The highest BCUT2D eigenvalue weighted by Gasteiger charge is 2.50. The van der Waals surface area contributed by atoms with Gasteiger partial charge in [0.05, 0.1) is 12.2 Å². The van der Waals surface area contributed by atoms with E-state index >= 15 is 0 Å². The predicted octanol–water partition coefficient (Wildman–Crippen LogP) is 5.20. The van der Waals surface area contributed by atoms with E-state index in [1.807, 2.05) is 35.2 Å². The maximum Gasteiger partial charge on any atom is 0.254 e. The van der Waals surface area contributed by atoms with E-state index in [1.165, 1.54) is 31.2 Å². The number of aromatic nitrogens is 2. The number of aryl methyl sites for hydroxylation is 2. The Morgan fingerprint density at radius 3 is 2.63 bits per heavy atom. The Balaban J connectivity index is 1.29. The zero-order valence-electron chi connectivity index (χ0n) is 21.9. The van der Waals surface area contributed by atoms with Crippen LogP contribution in [0, 0.1) is 25.7 Å². The van der Waals surface area contributed by atoms with Gasteiger partial charge in [0.15, 0.2) is 0 Å². The number of nitrogens with zero attached hydrogens (tertiary/aromatic N) is 4. The highest BCUT2D eigenvalue weighted by atomic mass is 32.2. The van der Waals surface area contributed by atoms with Crippen molar-refractivity contribution in [2.75, 3.05) is 30.9 Å². The van der Waals surface area contributed by atoms with Gasteiger partial charge < -0.3 is 9.64 Å². The summed E-state index contributed by atoms with van der Waals surface area (Å²) in [5.74, 6) is 2.84. The molecule has 6 bridgehead atoms. The molecule has 1 saturated heterocycles. The molecule has 2 aliphatic carbocycles. The van der Waals surface area contributed by atoms with E-state index in [0.29, 0.717) is 36.5 Å². The molecular weight excluding hydrogens is 494 g/mol. The topological polar surface area (TPSA) is 70.6 Å². The number of nitrogens with one attached hydrogen (secondary N) is 1. The molecule has 3 unspecified atom stereocenters. The lowest BCUT2D eigenvalue weighted by Crippen LogP contribution is -2.43. The minimum Gasteiger partial charge on any atom is -0.471 e. The summed E-state index contributed by atoms with van der Waals surface area (Å²) >= 11 is 1.41. The number of benzene rings is 2. The molecule has 2 aliphatic heterocycles. The Kier molecular flexibility index (Phi) is 6.04. The molecule has 3 fully saturated rings. The smallest absolute Gasteiger partial charge is 0.254 e. The molecule has 2 saturated carbocycles. The summed E-state index contributed by atoms with van der Waals surface area (Å²) in [6, 6.07) is 16.7. The van der Waals surface area contributed by atoms with Crippen LogP contribution in [-0.2, 0) is 0 Å². The molecule has 1 aromatic heterocycles. The Morgan fingerprint density at radius 1 is 1.00 bits per heavy atom. The first-order valence-corrected chi connectivity index (χ1v) is 14.5. The van der Waals surface area contributed by atoms with Crippen LogP contribution in [0.1, 0.15) is 40.7 Å². The summed E-state index contributed by atoms with van der Waals surface area (Å²) < 4.78 is 9.98. The van der Waals surface area contributed by atoms with Crippen molar-refractivity contribution in [2.24, 2.45) is 11.8 Å². The first-order valence-electron chi connectivity index (χ1n) is 13.7. The van der Waals surface area contributed by atoms with Crippen LogP contribution in [0.25, 0.3) is 11.3 Å². The number of ether oxygens (including phenoxy) is 1. The van der Waals surface area contributed by atoms with E-state index in [1.54, 1.807) is 0 Å². The summed E-state index contributed by atoms with van der Waals surface area (Å²) in [5, 5.41) is 0. The van der Waals surface area contributed by atoms with Gasteiger partial charge in [-0.1, -0.05) is 24.3 Å². The molecule has 4 aliphatic rings. The predicted molar refractivity (Wildman–Crippen MR) is 149 cm³/mol. The van der Waals surface area contributed by atoms with Gasteiger partial charge >= 0.3 is 0 Å². The normalized spacial score (nSPS) is 26.7. The molecule has 1 amide bonds. The van der Waals surface area contributed by atoms with Crippen molar-refractivity contribution >= 4 is 23.8 Å². The van der Waals surface area contributed by atoms with Gasteiger partial charge in [-0.05, 0) is 86.2 Å². The van der Waals surface area contributed by atoms with Crippen LogP contribution in [0.5, 0.6) is 5.88 Å². The minimum atomic E-state index is -0.176. The third-order valence-corrected chi connectivity index (χ3v) is 9.42. The van der Waals surface area contributed by atoms with Crippen molar-refractivity contribution in [1.82, 2.24) is 19.8 Å². The molecule has 1 N–H and O–H groups in total. The zero-order valence-corrected chi connectivity index (χ0v) is 22.7. The number of rotatable bonds is 2. The molecule has 8 heteroatoms. The second kappa shape index (κ2) is 9.58. The van der Waals surface area contributed by atoms with Crippen LogP contribution in [0.15, 0.2) is 53.4 Å². The van der Waals surface area contributed by atoms with Crippen LogP contribution in [0.2, 0.25) is 0 Å². The SMILES string of the molecule is Cc1cccc(C)c1-c1cc2nc(n1)NSc1cccc(c1)C(=O)N1CCN(C3CCC4CC43)C[C@H](C1)O2. The van der Waals surface area contributed by atoms with Gasteiger partial charge in [-0.3, -0.25) is 14.4 Å². The summed E-state index contributed by atoms with van der Waals surface area (Å²) in [5.41, 5.74) is 4.97. The van der Waals surface area contributed by atoms with Gasteiger partial charge in [0.1, 0.15) is 6.10 Å². The Bertz CT molecular complexity index is 1380. The van der Waals surface area contributed by atoms with Gasteiger partial charge in [0.25, 0.3) is 5.91 Å². The highest BCUT2D eigenvalue weighted by molar-refractivity contribution is 8.00. The second-order valence-corrected chi connectivity index (χ2v) is 12.1. The van der Waals surface area contributed by atoms with E-state index in [4.69, 9.17) is 14.7 Å². The Labute approximate surface area is 228 Å². The third-order valence-electron chi connectivity index (χ3n) is 8.65. The summed E-state index contributed by atoms with van der Waals surface area (Å²) in [6.45, 7) is 7.17. The number of hydrogen-bond acceptors (Lipinski definition) is 7. The number of carbonyl (C=O) groups is 1. The lowest BCUT2D eigenvalue weighted by Gasteiger charge is -2.30. The van der Waals surface area contributed by atoms with E-state index < -0.39 is 0 Å². The molecule has 38 heavy (non-hydrogen) atoms. The number of carbonyl (C=O) groups excluding carboxylic acids is 1. The molecule has 2 aromatic carbocycles. The van der Waals surface area contributed by atoms with Crippen LogP contribution in [0.3, 0.4) is 0 Å². The van der Waals surface area contributed by atoms with E-state index in [2.05, 4.69) is 41.7 Å². The van der Waals surface area contributed by atoms with Crippen molar-refractivity contribution in [2.45, 2.75) is 50.2 Å². The highest BCUT2D eigenvalue weighted by Crippen LogP contribution is 2.53. The summed E-state index contributed by atoms with van der Waals surface area (Å²) in [4.78, 5) is 28.9. The zero-order chi connectivity index (χ0) is 25.8. The molecule has 7 nitrogen and oxygen atoms in total. The van der Waals surface area contributed by atoms with Gasteiger partial charge in [-0.25, -0.2) is 4.98 Å².